The zero-order valence-corrected chi connectivity index (χ0v) is 19.2. The first-order chi connectivity index (χ1) is 15.1. The lowest BCUT2D eigenvalue weighted by Crippen LogP contribution is -2.16. The van der Waals surface area contributed by atoms with Gasteiger partial charge in [-0.25, -0.2) is 4.98 Å². The minimum Gasteiger partial charge on any atom is -0.490 e. The Balaban J connectivity index is 1.65. The van der Waals surface area contributed by atoms with Crippen molar-refractivity contribution in [3.63, 3.8) is 0 Å². The molecule has 31 heavy (non-hydrogen) atoms. The highest BCUT2D eigenvalue weighted by Gasteiger charge is 2.13. The van der Waals surface area contributed by atoms with Crippen LogP contribution in [0.3, 0.4) is 0 Å². The van der Waals surface area contributed by atoms with Crippen LogP contribution in [0, 0.1) is 0 Å². The Hall–Kier alpha value is -3.06. The van der Waals surface area contributed by atoms with Crippen LogP contribution in [0.15, 0.2) is 65.3 Å². The number of halogens is 1. The number of hydrogen-bond acceptors (Lipinski definition) is 5. The average Bonchev–Trinajstić information content (AvgIpc) is 2.76. The molecule has 0 atom stereocenters. The van der Waals surface area contributed by atoms with E-state index in [1.54, 1.807) is 18.3 Å². The molecule has 162 valence electrons. The van der Waals surface area contributed by atoms with Crippen LogP contribution in [-0.4, -0.2) is 30.6 Å². The third-order valence-corrected chi connectivity index (χ3v) is 4.94. The SMILES string of the molecule is CCOc1ccc(CCNc2ncccc2C(=O)Nc2cccc(Br)c2)cc1OCC. The van der Waals surface area contributed by atoms with Gasteiger partial charge in [-0.05, 0) is 68.3 Å². The average molecular weight is 484 g/mol. The first-order valence-corrected chi connectivity index (χ1v) is 11.0. The van der Waals surface area contributed by atoms with Crippen molar-refractivity contribution < 1.29 is 14.3 Å². The van der Waals surface area contributed by atoms with E-state index in [2.05, 4.69) is 31.5 Å². The molecule has 0 radical (unpaired) electrons. The normalized spacial score (nSPS) is 10.4. The lowest BCUT2D eigenvalue weighted by Gasteiger charge is -2.14. The zero-order chi connectivity index (χ0) is 22.1. The number of aromatic nitrogens is 1. The van der Waals surface area contributed by atoms with Crippen molar-refractivity contribution in [1.82, 2.24) is 4.98 Å². The number of carbonyl (C=O) groups is 1. The van der Waals surface area contributed by atoms with Gasteiger partial charge in [0, 0.05) is 22.9 Å². The van der Waals surface area contributed by atoms with Gasteiger partial charge >= 0.3 is 0 Å². The Morgan fingerprint density at radius 2 is 1.81 bits per heavy atom. The summed E-state index contributed by atoms with van der Waals surface area (Å²) in [5, 5.41) is 6.19. The van der Waals surface area contributed by atoms with Crippen molar-refractivity contribution >= 4 is 33.3 Å². The molecule has 0 saturated carbocycles. The molecule has 6 nitrogen and oxygen atoms in total. The maximum atomic E-state index is 12.8. The van der Waals surface area contributed by atoms with Crippen LogP contribution in [0.1, 0.15) is 29.8 Å². The van der Waals surface area contributed by atoms with Gasteiger partial charge in [0.1, 0.15) is 5.82 Å². The fourth-order valence-corrected chi connectivity index (χ4v) is 3.47. The molecule has 2 aromatic carbocycles. The van der Waals surface area contributed by atoms with Crippen molar-refractivity contribution in [1.29, 1.82) is 0 Å². The quantitative estimate of drug-likeness (QED) is 0.395. The largest absolute Gasteiger partial charge is 0.490 e. The van der Waals surface area contributed by atoms with Crippen LogP contribution in [0.25, 0.3) is 0 Å². The second kappa shape index (κ2) is 11.4. The number of nitrogens with zero attached hydrogens (tertiary/aromatic N) is 1. The molecule has 0 aliphatic carbocycles. The molecule has 0 unspecified atom stereocenters. The summed E-state index contributed by atoms with van der Waals surface area (Å²) in [6, 6.07) is 16.9. The minimum absolute atomic E-state index is 0.214. The van der Waals surface area contributed by atoms with Gasteiger partial charge in [-0.15, -0.1) is 0 Å². The van der Waals surface area contributed by atoms with Crippen molar-refractivity contribution in [2.75, 3.05) is 30.4 Å². The number of carbonyl (C=O) groups excluding carboxylic acids is 1. The van der Waals surface area contributed by atoms with Gasteiger partial charge in [-0.1, -0.05) is 28.1 Å². The van der Waals surface area contributed by atoms with E-state index in [0.717, 1.165) is 28.0 Å². The van der Waals surface area contributed by atoms with E-state index >= 15 is 0 Å². The van der Waals surface area contributed by atoms with E-state index in [1.807, 2.05) is 56.3 Å². The highest BCUT2D eigenvalue weighted by molar-refractivity contribution is 9.10. The van der Waals surface area contributed by atoms with E-state index in [0.29, 0.717) is 36.8 Å². The molecule has 7 heteroatoms. The Labute approximate surface area is 191 Å². The summed E-state index contributed by atoms with van der Waals surface area (Å²) >= 11 is 3.41. The number of anilines is 2. The Bertz CT molecular complexity index is 1030. The first-order valence-electron chi connectivity index (χ1n) is 10.2. The molecule has 2 N–H and O–H groups in total. The van der Waals surface area contributed by atoms with Gasteiger partial charge in [0.15, 0.2) is 11.5 Å². The molecule has 0 bridgehead atoms. The Morgan fingerprint density at radius 3 is 2.58 bits per heavy atom. The maximum Gasteiger partial charge on any atom is 0.259 e. The lowest BCUT2D eigenvalue weighted by atomic mass is 10.1. The summed E-state index contributed by atoms with van der Waals surface area (Å²) in [6.45, 7) is 5.68. The summed E-state index contributed by atoms with van der Waals surface area (Å²) in [5.74, 6) is 1.82. The van der Waals surface area contributed by atoms with Gasteiger partial charge in [0.05, 0.1) is 18.8 Å². The first kappa shape index (κ1) is 22.6. The Kier molecular flexibility index (Phi) is 8.29. The zero-order valence-electron chi connectivity index (χ0n) is 17.7. The number of pyridine rings is 1. The van der Waals surface area contributed by atoms with Crippen molar-refractivity contribution in [2.45, 2.75) is 20.3 Å². The van der Waals surface area contributed by atoms with Crippen molar-refractivity contribution in [2.24, 2.45) is 0 Å². The molecular formula is C24H26BrN3O3. The summed E-state index contributed by atoms with van der Waals surface area (Å²) in [4.78, 5) is 17.1. The van der Waals surface area contributed by atoms with Gasteiger partial charge in [0.25, 0.3) is 5.91 Å². The number of hydrogen-bond donors (Lipinski definition) is 2. The van der Waals surface area contributed by atoms with E-state index in [9.17, 15) is 4.79 Å². The van der Waals surface area contributed by atoms with Gasteiger partial charge in [0.2, 0.25) is 0 Å². The standard InChI is InChI=1S/C24H26BrN3O3/c1-3-30-21-11-10-17(15-22(21)31-4-2)12-14-27-23-20(9-6-13-26-23)24(29)28-19-8-5-7-18(25)16-19/h5-11,13,15-16H,3-4,12,14H2,1-2H3,(H,26,27)(H,28,29). The molecule has 1 amide bonds. The van der Waals surface area contributed by atoms with E-state index in [-0.39, 0.29) is 5.91 Å². The number of ether oxygens (including phenoxy) is 2. The van der Waals surface area contributed by atoms with Crippen LogP contribution in [0.4, 0.5) is 11.5 Å². The van der Waals surface area contributed by atoms with E-state index in [1.165, 1.54) is 0 Å². The van der Waals surface area contributed by atoms with Gasteiger partial charge < -0.3 is 20.1 Å². The lowest BCUT2D eigenvalue weighted by molar-refractivity contribution is 0.102. The molecule has 0 aliphatic heterocycles. The summed E-state index contributed by atoms with van der Waals surface area (Å²) in [7, 11) is 0. The highest BCUT2D eigenvalue weighted by Crippen LogP contribution is 2.28. The van der Waals surface area contributed by atoms with Gasteiger partial charge in [-0.2, -0.15) is 0 Å². The molecule has 3 aromatic rings. The highest BCUT2D eigenvalue weighted by atomic mass is 79.9. The predicted molar refractivity (Wildman–Crippen MR) is 127 cm³/mol. The molecule has 3 rings (SSSR count). The van der Waals surface area contributed by atoms with Crippen LogP contribution in [0.2, 0.25) is 0 Å². The maximum absolute atomic E-state index is 12.8. The Morgan fingerprint density at radius 1 is 1.00 bits per heavy atom. The molecule has 0 saturated heterocycles. The third-order valence-electron chi connectivity index (χ3n) is 4.45. The molecule has 0 spiro atoms. The minimum atomic E-state index is -0.214. The third kappa shape index (κ3) is 6.46. The van der Waals surface area contributed by atoms with Crippen LogP contribution < -0.4 is 20.1 Å². The number of amides is 1. The van der Waals surface area contributed by atoms with E-state index in [4.69, 9.17) is 9.47 Å². The van der Waals surface area contributed by atoms with Crippen molar-refractivity contribution in [3.8, 4) is 11.5 Å². The molecule has 0 fully saturated rings. The fourth-order valence-electron chi connectivity index (χ4n) is 3.07. The fraction of sp³-hybridized carbons (Fsp3) is 0.250. The second-order valence-corrected chi connectivity index (χ2v) is 7.60. The summed E-state index contributed by atoms with van der Waals surface area (Å²) in [5.41, 5.74) is 2.31. The second-order valence-electron chi connectivity index (χ2n) is 6.69. The number of rotatable bonds is 10. The number of benzene rings is 2. The van der Waals surface area contributed by atoms with Crippen LogP contribution >= 0.6 is 15.9 Å². The topological polar surface area (TPSA) is 72.5 Å². The monoisotopic (exact) mass is 483 g/mol. The van der Waals surface area contributed by atoms with Gasteiger partial charge in [-0.3, -0.25) is 4.79 Å². The summed E-state index contributed by atoms with van der Waals surface area (Å²) in [6.07, 6.45) is 2.41. The summed E-state index contributed by atoms with van der Waals surface area (Å²) < 4.78 is 12.2. The smallest absolute Gasteiger partial charge is 0.259 e. The molecular weight excluding hydrogens is 458 g/mol. The number of nitrogens with one attached hydrogen (secondary N) is 2. The molecule has 1 aromatic heterocycles. The van der Waals surface area contributed by atoms with E-state index < -0.39 is 0 Å². The molecule has 0 aliphatic rings. The van der Waals surface area contributed by atoms with Crippen LogP contribution in [0.5, 0.6) is 11.5 Å². The predicted octanol–water partition coefficient (Wildman–Crippen LogP) is 5.55. The molecule has 1 heterocycles. The van der Waals surface area contributed by atoms with Crippen LogP contribution in [-0.2, 0) is 6.42 Å². The van der Waals surface area contributed by atoms with Crippen molar-refractivity contribution in [3.05, 3.63) is 76.4 Å².